The molecule has 0 aliphatic carbocycles. The van der Waals surface area contributed by atoms with Gasteiger partial charge in [-0.05, 0) is 77.1 Å². The number of rotatable bonds is 6. The van der Waals surface area contributed by atoms with Gasteiger partial charge in [0, 0.05) is 45.8 Å². The van der Waals surface area contributed by atoms with Crippen molar-refractivity contribution >= 4 is 46.4 Å². The molecule has 0 saturated carbocycles. The quantitative estimate of drug-likeness (QED) is 0.123. The number of benzene rings is 5. The first-order valence-electron chi connectivity index (χ1n) is 20.0. The summed E-state index contributed by atoms with van der Waals surface area (Å²) >= 11 is 0. The van der Waals surface area contributed by atoms with E-state index in [2.05, 4.69) is 107 Å². The number of nitrogens with zero attached hydrogens (tertiary/aromatic N) is 4. The fourth-order valence-electron chi connectivity index (χ4n) is 7.05. The molecule has 7 heteroatoms. The van der Waals surface area contributed by atoms with Gasteiger partial charge in [0.05, 0.1) is 30.5 Å². The smallest absolute Gasteiger partial charge is 0.216 e. The van der Waals surface area contributed by atoms with Gasteiger partial charge in [0.2, 0.25) is 5.71 Å². The first kappa shape index (κ1) is 37.1. The molecule has 0 unspecified atom stereocenters. The number of para-hydroxylation sites is 2. The molecule has 9 aromatic rings. The van der Waals surface area contributed by atoms with Gasteiger partial charge in [-0.3, -0.25) is 4.98 Å². The van der Waals surface area contributed by atoms with Gasteiger partial charge in [-0.2, -0.15) is 0 Å². The molecule has 5 aromatic carbocycles. The second-order valence-electron chi connectivity index (χ2n) is 16.2. The molecule has 5 nitrogen and oxygen atoms in total. The van der Waals surface area contributed by atoms with E-state index < -0.39 is 19.9 Å². The van der Waals surface area contributed by atoms with Crippen LogP contribution in [0.2, 0.25) is 19.6 Å². The Kier molecular flexibility index (Phi) is 10.5. The van der Waals surface area contributed by atoms with E-state index >= 15 is 0 Å². The normalized spacial score (nSPS) is 12.5. The SMILES string of the molecule is Cc1ccc2c(n1)oc1c(-c3nc4ccccc4n3-c3cccc(-c4ccccc4)c3)[c-]ccc12.[2H]C([2H])(c1cc(-c2[c-]cccc2)ncc1[Si](C)(C)C)C(C)(C)C.[Ir]. The molecule has 57 heavy (non-hydrogen) atoms. The molecule has 0 amide bonds. The molecule has 0 saturated heterocycles. The van der Waals surface area contributed by atoms with Crippen LogP contribution in [0.5, 0.6) is 0 Å². The van der Waals surface area contributed by atoms with Crippen LogP contribution in [0.25, 0.3) is 72.6 Å². The van der Waals surface area contributed by atoms with E-state index in [1.54, 1.807) is 0 Å². The predicted molar refractivity (Wildman–Crippen MR) is 235 cm³/mol. The van der Waals surface area contributed by atoms with Crippen LogP contribution < -0.4 is 5.19 Å². The molecule has 0 fully saturated rings. The summed E-state index contributed by atoms with van der Waals surface area (Å²) in [4.78, 5) is 14.3. The molecule has 4 aromatic heterocycles. The molecular formula is C50H46IrN4OSi-2. The van der Waals surface area contributed by atoms with Crippen molar-refractivity contribution in [3.63, 3.8) is 0 Å². The maximum atomic E-state index is 8.75. The van der Waals surface area contributed by atoms with Gasteiger partial charge in [0.15, 0.2) is 0 Å². The Balaban J connectivity index is 0.000000193. The molecule has 0 spiro atoms. The van der Waals surface area contributed by atoms with Crippen molar-refractivity contribution in [3.8, 4) is 39.5 Å². The Hall–Kier alpha value is -5.46. The maximum Gasteiger partial charge on any atom is 0.216 e. The van der Waals surface area contributed by atoms with Crippen LogP contribution in [-0.2, 0) is 26.5 Å². The Bertz CT molecular complexity index is 2910. The van der Waals surface area contributed by atoms with Gasteiger partial charge in [0.1, 0.15) is 0 Å². The average Bonchev–Trinajstić information content (AvgIpc) is 3.79. The summed E-state index contributed by atoms with van der Waals surface area (Å²) in [5, 5.41) is 3.10. The molecule has 0 aliphatic rings. The van der Waals surface area contributed by atoms with E-state index in [0.717, 1.165) is 77.7 Å². The van der Waals surface area contributed by atoms with Crippen molar-refractivity contribution in [2.75, 3.05) is 0 Å². The van der Waals surface area contributed by atoms with Crippen LogP contribution in [0.15, 0.2) is 144 Å². The van der Waals surface area contributed by atoms with Gasteiger partial charge in [-0.25, -0.2) is 4.98 Å². The minimum atomic E-state index is -1.70. The van der Waals surface area contributed by atoms with Crippen molar-refractivity contribution in [2.24, 2.45) is 5.41 Å². The summed E-state index contributed by atoms with van der Waals surface area (Å²) < 4.78 is 26.0. The summed E-state index contributed by atoms with van der Waals surface area (Å²) in [7, 11) is -1.70. The zero-order valence-corrected chi connectivity index (χ0v) is 36.7. The Morgan fingerprint density at radius 1 is 0.754 bits per heavy atom. The molecule has 287 valence electrons. The van der Waals surface area contributed by atoms with Gasteiger partial charge in [0.25, 0.3) is 0 Å². The van der Waals surface area contributed by atoms with Crippen molar-refractivity contribution in [1.29, 1.82) is 0 Å². The van der Waals surface area contributed by atoms with Gasteiger partial charge >= 0.3 is 0 Å². The number of hydrogen-bond acceptors (Lipinski definition) is 4. The monoisotopic (exact) mass is 941 g/mol. The summed E-state index contributed by atoms with van der Waals surface area (Å²) in [6, 6.07) is 51.5. The summed E-state index contributed by atoms with van der Waals surface area (Å²) in [5.41, 5.74) is 10.4. The van der Waals surface area contributed by atoms with Crippen molar-refractivity contribution < 1.29 is 27.3 Å². The third-order valence-corrected chi connectivity index (χ3v) is 11.7. The predicted octanol–water partition coefficient (Wildman–Crippen LogP) is 12.4. The van der Waals surface area contributed by atoms with E-state index in [4.69, 9.17) is 12.1 Å². The van der Waals surface area contributed by atoms with E-state index in [-0.39, 0.29) is 20.1 Å². The number of hydrogen-bond donors (Lipinski definition) is 0. The molecule has 0 atom stereocenters. The summed E-state index contributed by atoms with van der Waals surface area (Å²) in [6.45, 7) is 14.5. The average molecular weight is 941 g/mol. The van der Waals surface area contributed by atoms with E-state index in [1.165, 1.54) is 5.56 Å². The zero-order valence-electron chi connectivity index (χ0n) is 35.3. The van der Waals surface area contributed by atoms with E-state index in [0.29, 0.717) is 5.71 Å². The second kappa shape index (κ2) is 16.2. The second-order valence-corrected chi connectivity index (χ2v) is 21.2. The van der Waals surface area contributed by atoms with E-state index in [9.17, 15) is 0 Å². The van der Waals surface area contributed by atoms with Crippen molar-refractivity contribution in [3.05, 3.63) is 163 Å². The largest absolute Gasteiger partial charge is 0.486 e. The first-order valence-corrected chi connectivity index (χ1v) is 22.5. The molecule has 0 bridgehead atoms. The molecule has 1 radical (unpaired) electrons. The van der Waals surface area contributed by atoms with Crippen LogP contribution in [0.1, 0.15) is 34.8 Å². The fourth-order valence-corrected chi connectivity index (χ4v) is 8.45. The van der Waals surface area contributed by atoms with Crippen LogP contribution >= 0.6 is 0 Å². The molecule has 0 N–H and O–H groups in total. The standard InChI is InChI=1S/C31H20N3O.C19H26NSi.Ir/c1-20-17-18-25-24-13-8-14-26(29(24)35-31(25)32-20)30-33-27-15-5-6-16-28(27)34(30)23-12-7-11-22(19-23)21-9-3-2-4-10-21;1-19(2,3)13-16-12-17(15-10-8-7-9-11-15)20-14-18(16)21(4,5)6;/h2-13,15-19H,1H3;7-10,12,14H,13H2,1-6H3;/q2*-1;/i;13D2;. The van der Waals surface area contributed by atoms with Gasteiger partial charge in [-0.1, -0.05) is 118 Å². The zero-order chi connectivity index (χ0) is 40.8. The number of aryl methyl sites for hydroxylation is 1. The van der Waals surface area contributed by atoms with Crippen molar-refractivity contribution in [1.82, 2.24) is 19.5 Å². The van der Waals surface area contributed by atoms with Crippen molar-refractivity contribution in [2.45, 2.75) is 53.7 Å². The summed E-state index contributed by atoms with van der Waals surface area (Å²) in [6.07, 6.45) is 0.469. The molecule has 9 rings (SSSR count). The topological polar surface area (TPSA) is 56.7 Å². The number of furan rings is 1. The maximum absolute atomic E-state index is 8.75. The Labute approximate surface area is 353 Å². The van der Waals surface area contributed by atoms with Crippen LogP contribution in [0, 0.1) is 24.5 Å². The third kappa shape index (κ3) is 8.47. The van der Waals surface area contributed by atoms with Gasteiger partial charge in [-0.15, -0.1) is 54.1 Å². The number of fused-ring (bicyclic) bond motifs is 4. The minimum absolute atomic E-state index is 0. The minimum Gasteiger partial charge on any atom is -0.486 e. The van der Waals surface area contributed by atoms with Gasteiger partial charge < -0.3 is 14.0 Å². The van der Waals surface area contributed by atoms with E-state index in [1.807, 2.05) is 107 Å². The van der Waals surface area contributed by atoms with Crippen LogP contribution in [-0.4, -0.2) is 27.6 Å². The summed E-state index contributed by atoms with van der Waals surface area (Å²) in [5.74, 6) is 0.790. The molecule has 4 heterocycles. The number of pyridine rings is 2. The number of aromatic nitrogens is 4. The fraction of sp³-hybridized carbons (Fsp3) is 0.180. The first-order chi connectivity index (χ1) is 27.7. The molecule has 0 aliphatic heterocycles. The third-order valence-electron chi connectivity index (χ3n) is 9.64. The number of imidazole rings is 1. The Morgan fingerprint density at radius 2 is 1.51 bits per heavy atom. The van der Waals surface area contributed by atoms with Crippen LogP contribution in [0.4, 0.5) is 0 Å². The Morgan fingerprint density at radius 3 is 2.26 bits per heavy atom. The van der Waals surface area contributed by atoms with Crippen LogP contribution in [0.3, 0.4) is 0 Å². The molecular weight excluding hydrogens is 893 g/mol.